The minimum atomic E-state index is -0.774. The Morgan fingerprint density at radius 3 is 3.00 bits per heavy atom. The number of hydrogen-bond donors (Lipinski definition) is 4. The Morgan fingerprint density at radius 2 is 2.28 bits per heavy atom. The molecule has 5 N–H and O–H groups in total. The highest BCUT2D eigenvalue weighted by Gasteiger charge is 2.10. The molecule has 0 saturated carbocycles. The highest BCUT2D eigenvalue weighted by atomic mass is 16.4. The van der Waals surface area contributed by atoms with Gasteiger partial charge in [0.15, 0.2) is 11.9 Å². The third-order valence-electron chi connectivity index (χ3n) is 2.20. The number of rotatable bonds is 4. The lowest BCUT2D eigenvalue weighted by Gasteiger charge is -2.13. The molecular formula is C11H15N5O2. The van der Waals surface area contributed by atoms with Gasteiger partial charge in [0.2, 0.25) is 0 Å². The summed E-state index contributed by atoms with van der Waals surface area (Å²) in [5.41, 5.74) is 7.06. The molecule has 0 bridgehead atoms. The average molecular weight is 249 g/mol. The maximum Gasteiger partial charge on any atom is 0.317 e. The fraction of sp³-hybridized carbons (Fsp3) is 0.273. The van der Waals surface area contributed by atoms with Crippen LogP contribution in [-0.4, -0.2) is 23.8 Å². The Balaban J connectivity index is 1.98. The molecule has 7 heteroatoms. The van der Waals surface area contributed by atoms with E-state index in [0.717, 1.165) is 5.52 Å². The first-order valence-corrected chi connectivity index (χ1v) is 5.61. The number of carbonyl (C=O) groups is 1. The number of oxazole rings is 1. The number of anilines is 1. The molecule has 2 aromatic rings. The minimum Gasteiger partial charge on any atom is -0.423 e. The van der Waals surface area contributed by atoms with Gasteiger partial charge >= 0.3 is 6.03 Å². The van der Waals surface area contributed by atoms with Crippen molar-refractivity contribution in [3.63, 3.8) is 0 Å². The molecule has 0 fully saturated rings. The van der Waals surface area contributed by atoms with Crippen molar-refractivity contribution < 1.29 is 9.21 Å². The van der Waals surface area contributed by atoms with Crippen molar-refractivity contribution in [2.45, 2.75) is 13.2 Å². The zero-order valence-corrected chi connectivity index (χ0v) is 9.93. The summed E-state index contributed by atoms with van der Waals surface area (Å²) in [7, 11) is 0. The molecule has 1 aromatic heterocycles. The first kappa shape index (κ1) is 12.2. The van der Waals surface area contributed by atoms with E-state index in [0.29, 0.717) is 12.1 Å². The van der Waals surface area contributed by atoms with Crippen LogP contribution in [-0.2, 0) is 0 Å². The summed E-state index contributed by atoms with van der Waals surface area (Å²) in [6.45, 7) is 2.35. The average Bonchev–Trinajstić information content (AvgIpc) is 2.70. The van der Waals surface area contributed by atoms with Gasteiger partial charge in [-0.2, -0.15) is 4.98 Å². The SMILES string of the molecule is CCNC(=O)NC(N)Nc1nc2ccccc2o1. The lowest BCUT2D eigenvalue weighted by Crippen LogP contribution is -2.50. The topological polar surface area (TPSA) is 105 Å². The second-order valence-electron chi connectivity index (χ2n) is 3.61. The molecule has 1 heterocycles. The number of aromatic nitrogens is 1. The number of carbonyl (C=O) groups excluding carboxylic acids is 1. The monoisotopic (exact) mass is 249 g/mol. The number of amides is 2. The molecule has 96 valence electrons. The number of benzene rings is 1. The fourth-order valence-electron chi connectivity index (χ4n) is 1.46. The predicted molar refractivity (Wildman–Crippen MR) is 67.8 cm³/mol. The molecule has 1 aromatic carbocycles. The molecule has 1 atom stereocenters. The second-order valence-corrected chi connectivity index (χ2v) is 3.61. The highest BCUT2D eigenvalue weighted by Crippen LogP contribution is 2.17. The zero-order valence-electron chi connectivity index (χ0n) is 9.93. The summed E-state index contributed by atoms with van der Waals surface area (Å²) in [4.78, 5) is 15.4. The lowest BCUT2D eigenvalue weighted by atomic mass is 10.3. The fourth-order valence-corrected chi connectivity index (χ4v) is 1.46. The van der Waals surface area contributed by atoms with Crippen LogP contribution in [0.1, 0.15) is 6.92 Å². The van der Waals surface area contributed by atoms with E-state index in [9.17, 15) is 4.79 Å². The Labute approximate surface area is 104 Å². The van der Waals surface area contributed by atoms with E-state index in [1.807, 2.05) is 25.1 Å². The number of urea groups is 1. The van der Waals surface area contributed by atoms with Crippen LogP contribution in [0.25, 0.3) is 11.1 Å². The largest absolute Gasteiger partial charge is 0.423 e. The predicted octanol–water partition coefficient (Wildman–Crippen LogP) is 0.801. The van der Waals surface area contributed by atoms with Gasteiger partial charge in [-0.3, -0.25) is 5.73 Å². The third-order valence-corrected chi connectivity index (χ3v) is 2.20. The van der Waals surface area contributed by atoms with E-state index in [2.05, 4.69) is 20.9 Å². The van der Waals surface area contributed by atoms with Crippen LogP contribution in [0, 0.1) is 0 Å². The summed E-state index contributed by atoms with van der Waals surface area (Å²) >= 11 is 0. The van der Waals surface area contributed by atoms with Gasteiger partial charge in [-0.15, -0.1) is 0 Å². The minimum absolute atomic E-state index is 0.264. The molecule has 2 amide bonds. The van der Waals surface area contributed by atoms with E-state index < -0.39 is 6.29 Å². The van der Waals surface area contributed by atoms with Crippen LogP contribution in [0.15, 0.2) is 28.7 Å². The molecule has 0 aliphatic carbocycles. The Bertz CT molecular complexity index is 506. The van der Waals surface area contributed by atoms with Crippen LogP contribution < -0.4 is 21.7 Å². The second kappa shape index (κ2) is 5.37. The van der Waals surface area contributed by atoms with Gasteiger partial charge in [-0.25, -0.2) is 4.79 Å². The van der Waals surface area contributed by atoms with Crippen molar-refractivity contribution >= 4 is 23.1 Å². The van der Waals surface area contributed by atoms with E-state index in [4.69, 9.17) is 10.2 Å². The summed E-state index contributed by atoms with van der Waals surface area (Å²) in [6, 6.07) is 7.25. The van der Waals surface area contributed by atoms with Crippen LogP contribution in [0.3, 0.4) is 0 Å². The quantitative estimate of drug-likeness (QED) is 0.600. The number of hydrogen-bond acceptors (Lipinski definition) is 5. The summed E-state index contributed by atoms with van der Waals surface area (Å²) in [6.07, 6.45) is -0.774. The van der Waals surface area contributed by atoms with Crippen molar-refractivity contribution in [3.05, 3.63) is 24.3 Å². The molecule has 0 spiro atoms. The van der Waals surface area contributed by atoms with Gasteiger partial charge in [0.1, 0.15) is 5.52 Å². The molecule has 0 aliphatic rings. The molecule has 18 heavy (non-hydrogen) atoms. The molecule has 0 radical (unpaired) electrons. The van der Waals surface area contributed by atoms with Crippen LogP contribution in [0.4, 0.5) is 10.8 Å². The van der Waals surface area contributed by atoms with E-state index in [1.54, 1.807) is 6.07 Å². The smallest absolute Gasteiger partial charge is 0.317 e. The number of nitrogens with zero attached hydrogens (tertiary/aromatic N) is 1. The molecule has 7 nitrogen and oxygen atoms in total. The molecule has 0 aliphatic heterocycles. The van der Waals surface area contributed by atoms with Crippen molar-refractivity contribution in [1.29, 1.82) is 0 Å². The van der Waals surface area contributed by atoms with Crippen LogP contribution >= 0.6 is 0 Å². The van der Waals surface area contributed by atoms with Gasteiger partial charge in [0.25, 0.3) is 6.01 Å². The molecule has 1 unspecified atom stereocenters. The van der Waals surface area contributed by atoms with Crippen molar-refractivity contribution in [1.82, 2.24) is 15.6 Å². The summed E-state index contributed by atoms with van der Waals surface area (Å²) in [5.74, 6) is 0. The Morgan fingerprint density at radius 1 is 1.50 bits per heavy atom. The van der Waals surface area contributed by atoms with Crippen molar-refractivity contribution in [2.75, 3.05) is 11.9 Å². The molecular weight excluding hydrogens is 234 g/mol. The Kier molecular flexibility index (Phi) is 3.63. The molecule has 2 rings (SSSR count). The van der Waals surface area contributed by atoms with Gasteiger partial charge in [0.05, 0.1) is 0 Å². The van der Waals surface area contributed by atoms with E-state index in [1.165, 1.54) is 0 Å². The number of fused-ring (bicyclic) bond motifs is 1. The van der Waals surface area contributed by atoms with Crippen molar-refractivity contribution in [3.8, 4) is 0 Å². The normalized spacial score (nSPS) is 12.1. The number of nitrogens with one attached hydrogen (secondary N) is 3. The van der Waals surface area contributed by atoms with Gasteiger partial charge in [-0.1, -0.05) is 12.1 Å². The number of nitrogens with two attached hydrogens (primary N) is 1. The zero-order chi connectivity index (χ0) is 13.0. The van der Waals surface area contributed by atoms with Gasteiger partial charge in [0, 0.05) is 6.54 Å². The lowest BCUT2D eigenvalue weighted by molar-refractivity contribution is 0.239. The van der Waals surface area contributed by atoms with Crippen LogP contribution in [0.2, 0.25) is 0 Å². The maximum atomic E-state index is 11.2. The van der Waals surface area contributed by atoms with Gasteiger partial charge < -0.3 is 20.4 Å². The first-order valence-electron chi connectivity index (χ1n) is 5.61. The van der Waals surface area contributed by atoms with Crippen LogP contribution in [0.5, 0.6) is 0 Å². The first-order chi connectivity index (χ1) is 8.69. The standard InChI is InChI=1S/C11H15N5O2/c1-2-13-10(17)15-9(12)16-11-14-7-5-3-4-6-8(7)18-11/h3-6,9H,2,12H2,1H3,(H,14,16)(H2,13,15,17). The van der Waals surface area contributed by atoms with Gasteiger partial charge in [-0.05, 0) is 19.1 Å². The van der Waals surface area contributed by atoms with E-state index >= 15 is 0 Å². The summed E-state index contributed by atoms with van der Waals surface area (Å²) < 4.78 is 5.41. The number of para-hydroxylation sites is 2. The molecule has 0 saturated heterocycles. The maximum absolute atomic E-state index is 11.2. The third kappa shape index (κ3) is 2.89. The van der Waals surface area contributed by atoms with Crippen molar-refractivity contribution in [2.24, 2.45) is 5.73 Å². The highest BCUT2D eigenvalue weighted by molar-refractivity contribution is 5.75. The van der Waals surface area contributed by atoms with E-state index in [-0.39, 0.29) is 12.0 Å². The summed E-state index contributed by atoms with van der Waals surface area (Å²) in [5, 5.41) is 7.81. The Hall–Kier alpha value is -2.28.